The summed E-state index contributed by atoms with van der Waals surface area (Å²) in [4.78, 5) is 60.3. The molecule has 5 heterocycles. The standard InChI is InChI=1S/C40H46N6O8/c1-43-23-31(29-7-13-41-22-30(29)39(43)49)26-20-35(52-3)32(36(21-26)53-4)24-44-14-8-27(9-15-44)54-28-10-16-45(17-11-28)38(48)25-5-6-34(51-2)33(19-25)46-18-12-37(47)42-40(46)50/h5-7,13,19-23,27-28H,8-12,14-18,24H2,1-4H3,(H,42,47,50). The molecule has 0 atom stereocenters. The summed E-state index contributed by atoms with van der Waals surface area (Å²) in [7, 11) is 6.58. The molecule has 7 rings (SSSR count). The molecule has 14 nitrogen and oxygen atoms in total. The highest BCUT2D eigenvalue weighted by Gasteiger charge is 2.31. The van der Waals surface area contributed by atoms with E-state index in [2.05, 4.69) is 15.2 Å². The fourth-order valence-electron chi connectivity index (χ4n) is 7.74. The van der Waals surface area contributed by atoms with E-state index in [0.29, 0.717) is 42.0 Å². The van der Waals surface area contributed by atoms with Crippen molar-refractivity contribution < 1.29 is 33.3 Å². The number of carbonyl (C=O) groups excluding carboxylic acids is 3. The number of carbonyl (C=O) groups is 3. The number of pyridine rings is 2. The summed E-state index contributed by atoms with van der Waals surface area (Å²) in [6, 6.07) is 10.4. The van der Waals surface area contributed by atoms with E-state index in [9.17, 15) is 19.2 Å². The van der Waals surface area contributed by atoms with E-state index in [-0.39, 0.29) is 42.5 Å². The number of rotatable bonds is 10. The van der Waals surface area contributed by atoms with Gasteiger partial charge in [-0.25, -0.2) is 4.79 Å². The average molecular weight is 739 g/mol. The van der Waals surface area contributed by atoms with Gasteiger partial charge in [-0.1, -0.05) is 0 Å². The van der Waals surface area contributed by atoms with Crippen molar-refractivity contribution in [1.29, 1.82) is 0 Å². The lowest BCUT2D eigenvalue weighted by Crippen LogP contribution is -2.49. The molecule has 0 radical (unpaired) electrons. The summed E-state index contributed by atoms with van der Waals surface area (Å²) in [6.45, 7) is 3.74. The summed E-state index contributed by atoms with van der Waals surface area (Å²) in [5.41, 5.74) is 3.57. The first kappa shape index (κ1) is 36.9. The Morgan fingerprint density at radius 2 is 1.50 bits per heavy atom. The van der Waals surface area contributed by atoms with Gasteiger partial charge in [-0.2, -0.15) is 0 Å². The third-order valence-corrected chi connectivity index (χ3v) is 10.7. The number of fused-ring (bicyclic) bond motifs is 1. The summed E-state index contributed by atoms with van der Waals surface area (Å²) in [5, 5.41) is 3.70. The van der Waals surface area contributed by atoms with E-state index < -0.39 is 6.03 Å². The fourth-order valence-corrected chi connectivity index (χ4v) is 7.74. The number of imide groups is 1. The van der Waals surface area contributed by atoms with Gasteiger partial charge in [0.2, 0.25) is 5.91 Å². The van der Waals surface area contributed by atoms with Crippen LogP contribution in [0.2, 0.25) is 0 Å². The molecule has 4 amide bonds. The molecule has 0 aliphatic carbocycles. The van der Waals surface area contributed by atoms with Crippen LogP contribution >= 0.6 is 0 Å². The molecule has 3 aliphatic heterocycles. The highest BCUT2D eigenvalue weighted by molar-refractivity contribution is 6.07. The van der Waals surface area contributed by atoms with E-state index in [1.165, 1.54) is 12.0 Å². The number of nitrogens with one attached hydrogen (secondary N) is 1. The van der Waals surface area contributed by atoms with Crippen molar-refractivity contribution in [3.63, 3.8) is 0 Å². The van der Waals surface area contributed by atoms with Gasteiger partial charge in [-0.3, -0.25) is 34.5 Å². The molecule has 4 aromatic rings. The molecule has 3 saturated heterocycles. The number of hydrogen-bond acceptors (Lipinski definition) is 10. The number of aromatic nitrogens is 2. The molecule has 14 heteroatoms. The van der Waals surface area contributed by atoms with Crippen LogP contribution in [0.4, 0.5) is 10.5 Å². The number of anilines is 1. The Hall–Kier alpha value is -5.47. The van der Waals surface area contributed by atoms with Crippen molar-refractivity contribution in [2.75, 3.05) is 59.0 Å². The summed E-state index contributed by atoms with van der Waals surface area (Å²) >= 11 is 0. The van der Waals surface area contributed by atoms with Gasteiger partial charge in [-0.05, 0) is 73.0 Å². The van der Waals surface area contributed by atoms with Crippen LogP contribution in [0.1, 0.15) is 48.0 Å². The van der Waals surface area contributed by atoms with E-state index in [0.717, 1.165) is 72.3 Å². The number of urea groups is 1. The lowest BCUT2D eigenvalue weighted by atomic mass is 9.98. The largest absolute Gasteiger partial charge is 0.496 e. The second-order valence-electron chi connectivity index (χ2n) is 14.0. The number of likely N-dealkylation sites (tertiary alicyclic amines) is 2. The maximum Gasteiger partial charge on any atom is 0.328 e. The molecule has 54 heavy (non-hydrogen) atoms. The van der Waals surface area contributed by atoms with Crippen LogP contribution in [0.25, 0.3) is 21.9 Å². The van der Waals surface area contributed by atoms with Crippen molar-refractivity contribution in [3.8, 4) is 28.4 Å². The van der Waals surface area contributed by atoms with Gasteiger partial charge in [0.15, 0.2) is 0 Å². The molecule has 0 spiro atoms. The topological polar surface area (TPSA) is 145 Å². The number of aryl methyl sites for hydroxylation is 1. The molecule has 0 unspecified atom stereocenters. The van der Waals surface area contributed by atoms with Crippen LogP contribution in [0.3, 0.4) is 0 Å². The molecular weight excluding hydrogens is 692 g/mol. The Labute approximate surface area is 313 Å². The predicted molar refractivity (Wildman–Crippen MR) is 202 cm³/mol. The van der Waals surface area contributed by atoms with Gasteiger partial charge in [0, 0.05) is 82.5 Å². The zero-order chi connectivity index (χ0) is 37.9. The number of benzene rings is 2. The van der Waals surface area contributed by atoms with Crippen LogP contribution in [0.5, 0.6) is 17.2 Å². The highest BCUT2D eigenvalue weighted by Crippen LogP contribution is 2.38. The minimum atomic E-state index is -0.530. The Bertz CT molecular complexity index is 2090. The minimum absolute atomic E-state index is 0.0729. The third-order valence-electron chi connectivity index (χ3n) is 10.7. The van der Waals surface area contributed by atoms with E-state index >= 15 is 0 Å². The number of hydrogen-bond donors (Lipinski definition) is 1. The SMILES string of the molecule is COc1ccc(C(=O)N2CCC(OC3CCN(Cc4c(OC)cc(-c5cn(C)c(=O)c6cnccc56)cc4OC)CC3)CC2)cc1N1CCC(=O)NC1=O. The van der Waals surface area contributed by atoms with Crippen LogP contribution in [0.15, 0.2) is 59.8 Å². The fraction of sp³-hybridized carbons (Fsp3) is 0.425. The molecule has 2 aromatic heterocycles. The van der Waals surface area contributed by atoms with Crippen LogP contribution in [-0.4, -0.2) is 103 Å². The average Bonchev–Trinajstić information content (AvgIpc) is 3.20. The summed E-state index contributed by atoms with van der Waals surface area (Å²) in [6.07, 6.45) is 8.79. The summed E-state index contributed by atoms with van der Waals surface area (Å²) in [5.74, 6) is 1.46. The number of methoxy groups -OCH3 is 3. The minimum Gasteiger partial charge on any atom is -0.496 e. The van der Waals surface area contributed by atoms with Crippen molar-refractivity contribution in [3.05, 3.63) is 76.5 Å². The third kappa shape index (κ3) is 7.48. The second-order valence-corrected chi connectivity index (χ2v) is 14.0. The normalized spacial score (nSPS) is 17.5. The van der Waals surface area contributed by atoms with Crippen molar-refractivity contribution >= 4 is 34.3 Å². The lowest BCUT2D eigenvalue weighted by molar-refractivity contribution is -0.120. The number of amides is 4. The molecule has 2 aromatic carbocycles. The Morgan fingerprint density at radius 3 is 2.15 bits per heavy atom. The van der Waals surface area contributed by atoms with Crippen molar-refractivity contribution in [2.24, 2.45) is 7.05 Å². The van der Waals surface area contributed by atoms with E-state index in [1.807, 2.05) is 29.3 Å². The Balaban J connectivity index is 0.942. The van der Waals surface area contributed by atoms with Crippen molar-refractivity contribution in [2.45, 2.75) is 50.9 Å². The summed E-state index contributed by atoms with van der Waals surface area (Å²) < 4.78 is 25.4. The number of ether oxygens (including phenoxy) is 4. The predicted octanol–water partition coefficient (Wildman–Crippen LogP) is 4.36. The molecule has 0 saturated carbocycles. The number of nitrogens with zero attached hydrogens (tertiary/aromatic N) is 5. The van der Waals surface area contributed by atoms with Crippen LogP contribution in [-0.2, 0) is 23.1 Å². The van der Waals surface area contributed by atoms with Crippen LogP contribution < -0.4 is 30.0 Å². The molecule has 3 fully saturated rings. The maximum absolute atomic E-state index is 13.5. The van der Waals surface area contributed by atoms with Crippen LogP contribution in [0, 0.1) is 0 Å². The first-order valence-electron chi connectivity index (χ1n) is 18.3. The lowest BCUT2D eigenvalue weighted by Gasteiger charge is -2.37. The molecule has 1 N–H and O–H groups in total. The Morgan fingerprint density at radius 1 is 0.833 bits per heavy atom. The van der Waals surface area contributed by atoms with E-state index in [1.54, 1.807) is 56.4 Å². The van der Waals surface area contributed by atoms with E-state index in [4.69, 9.17) is 18.9 Å². The number of piperidine rings is 2. The highest BCUT2D eigenvalue weighted by atomic mass is 16.5. The van der Waals surface area contributed by atoms with Gasteiger partial charge in [0.05, 0.1) is 50.2 Å². The quantitative estimate of drug-likeness (QED) is 0.249. The van der Waals surface area contributed by atoms with Gasteiger partial charge < -0.3 is 28.4 Å². The Kier molecular flexibility index (Phi) is 10.8. The monoisotopic (exact) mass is 738 g/mol. The van der Waals surface area contributed by atoms with Gasteiger partial charge in [-0.15, -0.1) is 0 Å². The molecular formula is C40H46N6O8. The maximum atomic E-state index is 13.5. The first-order chi connectivity index (χ1) is 26.2. The molecule has 3 aliphatic rings. The zero-order valence-electron chi connectivity index (χ0n) is 31.1. The first-order valence-corrected chi connectivity index (χ1v) is 18.3. The zero-order valence-corrected chi connectivity index (χ0v) is 31.1. The van der Waals surface area contributed by atoms with Crippen molar-refractivity contribution in [1.82, 2.24) is 24.7 Å². The molecule has 0 bridgehead atoms. The van der Waals surface area contributed by atoms with Gasteiger partial charge in [0.1, 0.15) is 17.2 Å². The molecule has 284 valence electrons. The second kappa shape index (κ2) is 15.9. The van der Waals surface area contributed by atoms with Gasteiger partial charge >= 0.3 is 6.03 Å². The smallest absolute Gasteiger partial charge is 0.328 e. The van der Waals surface area contributed by atoms with Gasteiger partial charge in [0.25, 0.3) is 11.5 Å².